The Morgan fingerprint density at radius 2 is 1.20 bits per heavy atom. The predicted molar refractivity (Wildman–Crippen MR) is 239 cm³/mol. The maximum atomic E-state index is 11.3. The third-order valence-corrected chi connectivity index (χ3v) is 15.3. The molecule has 0 saturated carbocycles. The summed E-state index contributed by atoms with van der Waals surface area (Å²) in [6, 6.07) is 29.8. The molecule has 2 N–H and O–H groups in total. The molecule has 6 aliphatic rings. The van der Waals surface area contributed by atoms with Crippen LogP contribution in [0.1, 0.15) is 75.2 Å². The van der Waals surface area contributed by atoms with E-state index in [1.54, 1.807) is 0 Å². The number of nitrogens with zero attached hydrogens (tertiary/aromatic N) is 6. The monoisotopic (exact) mass is 821 g/mol. The Kier molecular flexibility index (Phi) is 11.3. The van der Waals surface area contributed by atoms with Gasteiger partial charge in [-0.05, 0) is 111 Å². The Morgan fingerprint density at radius 3 is 1.68 bits per heavy atom. The van der Waals surface area contributed by atoms with Crippen molar-refractivity contribution in [2.75, 3.05) is 37.7 Å². The highest BCUT2D eigenvalue weighted by atomic mass is 32.2. The van der Waals surface area contributed by atoms with Crippen molar-refractivity contribution in [3.63, 3.8) is 0 Å². The smallest absolute Gasteiger partial charge is 0.242 e. The van der Waals surface area contributed by atoms with Crippen LogP contribution >= 0.6 is 11.8 Å². The molecule has 6 aliphatic heterocycles. The Hall–Kier alpha value is -4.84. The van der Waals surface area contributed by atoms with Crippen LogP contribution < -0.4 is 15.2 Å². The number of thioether (sulfide) groups is 1. The highest BCUT2D eigenvalue weighted by Gasteiger charge is 2.46. The molecule has 60 heavy (non-hydrogen) atoms. The molecular weight excluding hydrogens is 767 g/mol. The molecule has 6 fully saturated rings. The van der Waals surface area contributed by atoms with Gasteiger partial charge in [0.15, 0.2) is 0 Å². The number of pyridine rings is 2. The summed E-state index contributed by atoms with van der Waals surface area (Å²) in [5.74, 6) is 5.32. The standard InChI is InChI=1S/C49H55N7O3S/c1-2-31-29-55-23-17-32(31)27-43(55)46(37-15-21-51-41-13-7-5-9-35(37)41)58-48-39-11-3-4-12-40(39)49(54-53-48)59-47(38-16-22-52-42-14-8-6-10-36(38)42)44-28-33-18-24-56(44)30-34(33)19-25-60-26-20-45(50)57/h3-16,21-22,31-34,43-44,46-47H,2,17-20,23-30H2,1H3,(H2,50,57)/t31-,32-,33-,34-,43+,44+,46+,47+/m0/s1. The highest BCUT2D eigenvalue weighted by Crippen LogP contribution is 2.47. The lowest BCUT2D eigenvalue weighted by atomic mass is 9.72. The van der Waals surface area contributed by atoms with Crippen molar-refractivity contribution in [2.24, 2.45) is 29.4 Å². The van der Waals surface area contributed by atoms with Crippen LogP contribution in [0.2, 0.25) is 0 Å². The molecule has 6 aromatic rings. The van der Waals surface area contributed by atoms with Gasteiger partial charge in [0.1, 0.15) is 12.2 Å². The zero-order valence-corrected chi connectivity index (χ0v) is 35.3. The molecule has 12 rings (SSSR count). The van der Waals surface area contributed by atoms with E-state index in [2.05, 4.69) is 95.6 Å². The second-order valence-electron chi connectivity index (χ2n) is 17.5. The van der Waals surface area contributed by atoms with Crippen molar-refractivity contribution in [1.82, 2.24) is 30.0 Å². The number of rotatable bonds is 15. The number of carbonyl (C=O) groups is 1. The molecule has 310 valence electrons. The summed E-state index contributed by atoms with van der Waals surface area (Å²) in [5.41, 5.74) is 9.59. The number of para-hydroxylation sites is 2. The van der Waals surface area contributed by atoms with Crippen molar-refractivity contribution in [2.45, 2.75) is 76.2 Å². The van der Waals surface area contributed by atoms with Crippen LogP contribution in [0.3, 0.4) is 0 Å². The lowest BCUT2D eigenvalue weighted by Crippen LogP contribution is -2.56. The van der Waals surface area contributed by atoms with E-state index in [9.17, 15) is 4.79 Å². The molecule has 10 atom stereocenters. The highest BCUT2D eigenvalue weighted by molar-refractivity contribution is 7.99. The third kappa shape index (κ3) is 7.69. The van der Waals surface area contributed by atoms with Crippen molar-refractivity contribution in [1.29, 1.82) is 0 Å². The number of aromatic nitrogens is 4. The maximum absolute atomic E-state index is 11.3. The molecule has 0 radical (unpaired) electrons. The quantitative estimate of drug-likeness (QED) is 0.101. The van der Waals surface area contributed by atoms with Gasteiger partial charge in [0.2, 0.25) is 17.7 Å². The Balaban J connectivity index is 0.987. The minimum atomic E-state index is -0.288. The van der Waals surface area contributed by atoms with Gasteiger partial charge < -0.3 is 15.2 Å². The fourth-order valence-electron chi connectivity index (χ4n) is 11.2. The fraction of sp³-hybridized carbons (Fsp3) is 0.449. The van der Waals surface area contributed by atoms with E-state index >= 15 is 0 Å². The first-order chi connectivity index (χ1) is 29.5. The number of primary amides is 1. The van der Waals surface area contributed by atoms with Crippen LogP contribution in [-0.2, 0) is 4.79 Å². The van der Waals surface area contributed by atoms with E-state index in [0.29, 0.717) is 35.9 Å². The number of carbonyl (C=O) groups excluding carboxylic acids is 1. The lowest BCUT2D eigenvalue weighted by molar-refractivity contribution is -0.117. The zero-order chi connectivity index (χ0) is 40.6. The summed E-state index contributed by atoms with van der Waals surface area (Å²) >= 11 is 1.84. The van der Waals surface area contributed by atoms with Gasteiger partial charge in [-0.15, -0.1) is 10.2 Å². The van der Waals surface area contributed by atoms with Gasteiger partial charge in [0, 0.05) is 59.6 Å². The molecule has 4 bridgehead atoms. The van der Waals surface area contributed by atoms with Crippen LogP contribution in [0.25, 0.3) is 32.6 Å². The first kappa shape index (κ1) is 39.3. The van der Waals surface area contributed by atoms with Gasteiger partial charge >= 0.3 is 0 Å². The van der Waals surface area contributed by atoms with E-state index in [-0.39, 0.29) is 30.2 Å². The summed E-state index contributed by atoms with van der Waals surface area (Å²) in [6.45, 7) is 6.62. The first-order valence-electron chi connectivity index (χ1n) is 22.1. The molecule has 10 nitrogen and oxygen atoms in total. The molecule has 2 unspecified atom stereocenters. The molecule has 6 saturated heterocycles. The van der Waals surface area contributed by atoms with Crippen molar-refractivity contribution in [3.05, 3.63) is 108 Å². The fourth-order valence-corrected chi connectivity index (χ4v) is 12.2. The molecule has 0 aliphatic carbocycles. The summed E-state index contributed by atoms with van der Waals surface area (Å²) in [5, 5.41) is 13.9. The van der Waals surface area contributed by atoms with Crippen LogP contribution in [0, 0.1) is 23.7 Å². The summed E-state index contributed by atoms with van der Waals surface area (Å²) < 4.78 is 14.6. The molecule has 1 amide bonds. The number of piperidine rings is 6. The Morgan fingerprint density at radius 1 is 0.700 bits per heavy atom. The maximum Gasteiger partial charge on any atom is 0.242 e. The third-order valence-electron chi connectivity index (χ3n) is 14.3. The molecular formula is C49H55N7O3S. The van der Waals surface area contributed by atoms with Gasteiger partial charge in [-0.25, -0.2) is 0 Å². The van der Waals surface area contributed by atoms with Crippen LogP contribution in [0.5, 0.6) is 11.8 Å². The van der Waals surface area contributed by atoms with Gasteiger partial charge in [-0.1, -0.05) is 61.9 Å². The average Bonchev–Trinajstić information content (AvgIpc) is 3.30. The van der Waals surface area contributed by atoms with Crippen LogP contribution in [0.4, 0.5) is 0 Å². The van der Waals surface area contributed by atoms with Gasteiger partial charge in [0.25, 0.3) is 0 Å². The summed E-state index contributed by atoms with van der Waals surface area (Å²) in [4.78, 5) is 26.1. The number of ether oxygens (including phenoxy) is 2. The van der Waals surface area contributed by atoms with E-state index < -0.39 is 0 Å². The predicted octanol–water partition coefficient (Wildman–Crippen LogP) is 8.80. The average molecular weight is 822 g/mol. The summed E-state index contributed by atoms with van der Waals surface area (Å²) in [6.07, 6.45) is 10.7. The van der Waals surface area contributed by atoms with E-state index in [1.807, 2.05) is 30.2 Å². The van der Waals surface area contributed by atoms with E-state index in [4.69, 9.17) is 35.4 Å². The second kappa shape index (κ2) is 17.3. The number of benzene rings is 3. The molecule has 3 aromatic heterocycles. The molecule has 3 aromatic carbocycles. The minimum Gasteiger partial charge on any atom is -0.466 e. The van der Waals surface area contributed by atoms with Crippen molar-refractivity contribution in [3.8, 4) is 11.8 Å². The first-order valence-corrected chi connectivity index (χ1v) is 23.3. The van der Waals surface area contributed by atoms with Gasteiger partial charge in [-0.3, -0.25) is 24.6 Å². The van der Waals surface area contributed by atoms with Crippen LogP contribution in [0.15, 0.2) is 97.3 Å². The Bertz CT molecular complexity index is 2480. The summed E-state index contributed by atoms with van der Waals surface area (Å²) in [7, 11) is 0. The van der Waals surface area contributed by atoms with E-state index in [0.717, 1.165) is 107 Å². The number of hydrogen-bond acceptors (Lipinski definition) is 10. The van der Waals surface area contributed by atoms with Gasteiger partial charge in [0.05, 0.1) is 33.9 Å². The number of fused-ring (bicyclic) bond motifs is 9. The normalized spacial score (nSPS) is 26.9. The zero-order valence-electron chi connectivity index (χ0n) is 34.4. The topological polar surface area (TPSA) is 120 Å². The van der Waals surface area contributed by atoms with Crippen LogP contribution in [-0.4, -0.2) is 85.6 Å². The van der Waals surface area contributed by atoms with Crippen molar-refractivity contribution < 1.29 is 14.3 Å². The number of nitrogens with two attached hydrogens (primary N) is 1. The number of hydrogen-bond donors (Lipinski definition) is 1. The second-order valence-corrected chi connectivity index (χ2v) is 18.7. The minimum absolute atomic E-state index is 0.164. The van der Waals surface area contributed by atoms with Gasteiger partial charge in [-0.2, -0.15) is 11.8 Å². The lowest BCUT2D eigenvalue weighted by Gasteiger charge is -2.52. The van der Waals surface area contributed by atoms with Crippen molar-refractivity contribution >= 4 is 50.2 Å². The SMILES string of the molecule is CC[C@H]1CN2CC[C@H]1C[C@@H]2[C@H](Oc1nnc(O[C@H](c2ccnc3ccccc23)[C@H]2C[C@@H]3CCN2C[C@@H]3CCSCCC(N)=O)c2ccccc12)c1ccnc2ccccc12. The van der Waals surface area contributed by atoms with E-state index in [1.165, 1.54) is 19.3 Å². The largest absolute Gasteiger partial charge is 0.466 e. The number of amides is 1. The molecule has 0 spiro atoms. The molecule has 9 heterocycles. The molecule has 11 heteroatoms. The Labute approximate surface area is 356 Å².